The fraction of sp³-hybridized carbons (Fsp3) is 0.200. The standard InChI is InChI=1S/C20H21ClN4O/c1-14-12-19(22-11-10-15-6-5-7-16(21)13-15)25-20(23-14)24-17-8-3-4-9-18(17)26-2/h3-9,12-13H,10-11H2,1-2H3,(H2,22,23,24,25). The molecule has 1 heterocycles. The van der Waals surface area contributed by atoms with Crippen LogP contribution in [0.3, 0.4) is 0 Å². The van der Waals surface area contributed by atoms with Gasteiger partial charge >= 0.3 is 0 Å². The van der Waals surface area contributed by atoms with Gasteiger partial charge in [-0.05, 0) is 43.2 Å². The summed E-state index contributed by atoms with van der Waals surface area (Å²) in [7, 11) is 1.64. The van der Waals surface area contributed by atoms with E-state index in [-0.39, 0.29) is 0 Å². The van der Waals surface area contributed by atoms with Crippen molar-refractivity contribution in [1.29, 1.82) is 0 Å². The summed E-state index contributed by atoms with van der Waals surface area (Å²) in [5, 5.41) is 7.31. The Morgan fingerprint density at radius 2 is 1.88 bits per heavy atom. The average molecular weight is 369 g/mol. The van der Waals surface area contributed by atoms with E-state index in [0.717, 1.165) is 40.9 Å². The quantitative estimate of drug-likeness (QED) is 0.624. The second-order valence-electron chi connectivity index (χ2n) is 5.85. The minimum absolute atomic E-state index is 0.528. The smallest absolute Gasteiger partial charge is 0.229 e. The fourth-order valence-corrected chi connectivity index (χ4v) is 2.82. The van der Waals surface area contributed by atoms with Crippen LogP contribution in [0.15, 0.2) is 54.6 Å². The highest BCUT2D eigenvalue weighted by atomic mass is 35.5. The predicted molar refractivity (Wildman–Crippen MR) is 107 cm³/mol. The second kappa shape index (κ2) is 8.54. The van der Waals surface area contributed by atoms with Gasteiger partial charge < -0.3 is 15.4 Å². The Balaban J connectivity index is 1.67. The zero-order valence-corrected chi connectivity index (χ0v) is 15.5. The van der Waals surface area contributed by atoms with E-state index in [2.05, 4.69) is 26.7 Å². The van der Waals surface area contributed by atoms with E-state index in [4.69, 9.17) is 16.3 Å². The Labute approximate surface area is 158 Å². The lowest BCUT2D eigenvalue weighted by Gasteiger charge is -2.12. The number of aromatic nitrogens is 2. The lowest BCUT2D eigenvalue weighted by atomic mass is 10.1. The number of para-hydroxylation sites is 2. The van der Waals surface area contributed by atoms with E-state index in [0.29, 0.717) is 5.95 Å². The summed E-state index contributed by atoms with van der Waals surface area (Å²) in [5.41, 5.74) is 2.89. The molecule has 0 aliphatic rings. The van der Waals surface area contributed by atoms with Gasteiger partial charge in [0, 0.05) is 23.3 Å². The van der Waals surface area contributed by atoms with Crippen molar-refractivity contribution in [3.63, 3.8) is 0 Å². The molecule has 0 aliphatic heterocycles. The van der Waals surface area contributed by atoms with E-state index >= 15 is 0 Å². The van der Waals surface area contributed by atoms with Crippen molar-refractivity contribution in [1.82, 2.24) is 9.97 Å². The van der Waals surface area contributed by atoms with Crippen LogP contribution in [0, 0.1) is 6.92 Å². The Bertz CT molecular complexity index is 885. The molecular formula is C20H21ClN4O. The topological polar surface area (TPSA) is 59.1 Å². The molecule has 0 unspecified atom stereocenters. The number of hydrogen-bond acceptors (Lipinski definition) is 5. The van der Waals surface area contributed by atoms with Crippen molar-refractivity contribution < 1.29 is 4.74 Å². The highest BCUT2D eigenvalue weighted by Crippen LogP contribution is 2.26. The summed E-state index contributed by atoms with van der Waals surface area (Å²) in [6.07, 6.45) is 0.860. The molecule has 2 N–H and O–H groups in total. The third-order valence-electron chi connectivity index (χ3n) is 3.82. The SMILES string of the molecule is COc1ccccc1Nc1nc(C)cc(NCCc2cccc(Cl)c2)n1. The molecule has 1 aromatic heterocycles. The van der Waals surface area contributed by atoms with Crippen LogP contribution in [0.4, 0.5) is 17.5 Å². The van der Waals surface area contributed by atoms with Crippen LogP contribution in [0.5, 0.6) is 5.75 Å². The summed E-state index contributed by atoms with van der Waals surface area (Å²) < 4.78 is 5.36. The zero-order chi connectivity index (χ0) is 18.4. The van der Waals surface area contributed by atoms with Gasteiger partial charge in [-0.15, -0.1) is 0 Å². The Hall–Kier alpha value is -2.79. The van der Waals surface area contributed by atoms with Gasteiger partial charge in [0.2, 0.25) is 5.95 Å². The molecule has 3 aromatic rings. The maximum atomic E-state index is 6.02. The Kier molecular flexibility index (Phi) is 5.92. The molecule has 2 aromatic carbocycles. The average Bonchev–Trinajstić information content (AvgIpc) is 2.62. The van der Waals surface area contributed by atoms with Gasteiger partial charge in [-0.1, -0.05) is 35.9 Å². The third kappa shape index (κ3) is 4.86. The number of ether oxygens (including phenoxy) is 1. The molecule has 3 rings (SSSR count). The van der Waals surface area contributed by atoms with Gasteiger partial charge in [0.1, 0.15) is 11.6 Å². The van der Waals surface area contributed by atoms with Crippen molar-refractivity contribution in [3.05, 3.63) is 70.9 Å². The monoisotopic (exact) mass is 368 g/mol. The van der Waals surface area contributed by atoms with Gasteiger partial charge in [0.25, 0.3) is 0 Å². The number of anilines is 3. The Morgan fingerprint density at radius 1 is 1.04 bits per heavy atom. The van der Waals surface area contributed by atoms with Crippen LogP contribution in [0.1, 0.15) is 11.3 Å². The summed E-state index contributed by atoms with van der Waals surface area (Å²) in [6, 6.07) is 17.5. The number of nitrogens with zero attached hydrogens (tertiary/aromatic N) is 2. The van der Waals surface area contributed by atoms with Crippen molar-refractivity contribution >= 4 is 29.1 Å². The van der Waals surface area contributed by atoms with Gasteiger partial charge in [0.15, 0.2) is 0 Å². The first-order valence-corrected chi connectivity index (χ1v) is 8.76. The third-order valence-corrected chi connectivity index (χ3v) is 4.05. The van der Waals surface area contributed by atoms with Crippen LogP contribution in [-0.4, -0.2) is 23.6 Å². The van der Waals surface area contributed by atoms with Crippen molar-refractivity contribution in [2.45, 2.75) is 13.3 Å². The first-order chi connectivity index (χ1) is 12.6. The van der Waals surface area contributed by atoms with Crippen LogP contribution >= 0.6 is 11.6 Å². The zero-order valence-electron chi connectivity index (χ0n) is 14.8. The number of methoxy groups -OCH3 is 1. The number of benzene rings is 2. The van der Waals surface area contributed by atoms with Crippen molar-refractivity contribution in [2.75, 3.05) is 24.3 Å². The van der Waals surface area contributed by atoms with Gasteiger partial charge in [-0.25, -0.2) is 4.98 Å². The molecule has 26 heavy (non-hydrogen) atoms. The molecule has 0 spiro atoms. The van der Waals surface area contributed by atoms with E-state index < -0.39 is 0 Å². The Morgan fingerprint density at radius 3 is 2.69 bits per heavy atom. The summed E-state index contributed by atoms with van der Waals surface area (Å²) in [4.78, 5) is 8.99. The summed E-state index contributed by atoms with van der Waals surface area (Å²) >= 11 is 6.02. The summed E-state index contributed by atoms with van der Waals surface area (Å²) in [5.74, 6) is 2.05. The maximum Gasteiger partial charge on any atom is 0.229 e. The largest absolute Gasteiger partial charge is 0.495 e. The first-order valence-electron chi connectivity index (χ1n) is 8.38. The molecular weight excluding hydrogens is 348 g/mol. The number of rotatable bonds is 7. The normalized spacial score (nSPS) is 10.4. The molecule has 0 saturated heterocycles. The molecule has 134 valence electrons. The minimum atomic E-state index is 0.528. The fourth-order valence-electron chi connectivity index (χ4n) is 2.61. The molecule has 5 nitrogen and oxygen atoms in total. The van der Waals surface area contributed by atoms with E-state index in [1.165, 1.54) is 5.56 Å². The number of nitrogens with one attached hydrogen (secondary N) is 2. The molecule has 0 atom stereocenters. The molecule has 0 radical (unpaired) electrons. The lowest BCUT2D eigenvalue weighted by Crippen LogP contribution is -2.09. The number of hydrogen-bond donors (Lipinski definition) is 2. The highest BCUT2D eigenvalue weighted by Gasteiger charge is 2.06. The molecule has 0 saturated carbocycles. The first kappa shape index (κ1) is 18.0. The van der Waals surface area contributed by atoms with Crippen molar-refractivity contribution in [2.24, 2.45) is 0 Å². The molecule has 6 heteroatoms. The van der Waals surface area contributed by atoms with Crippen LogP contribution < -0.4 is 15.4 Å². The lowest BCUT2D eigenvalue weighted by molar-refractivity contribution is 0.417. The van der Waals surface area contributed by atoms with Crippen molar-refractivity contribution in [3.8, 4) is 5.75 Å². The van der Waals surface area contributed by atoms with Gasteiger partial charge in [-0.3, -0.25) is 0 Å². The van der Waals surface area contributed by atoms with E-state index in [1.54, 1.807) is 7.11 Å². The predicted octanol–water partition coefficient (Wildman–Crippen LogP) is 4.85. The molecule has 0 aliphatic carbocycles. The van der Waals surface area contributed by atoms with Crippen LogP contribution in [-0.2, 0) is 6.42 Å². The maximum absolute atomic E-state index is 6.02. The number of halogens is 1. The second-order valence-corrected chi connectivity index (χ2v) is 6.29. The van der Waals surface area contributed by atoms with Crippen LogP contribution in [0.2, 0.25) is 5.02 Å². The molecule has 0 fully saturated rings. The van der Waals surface area contributed by atoms with E-state index in [9.17, 15) is 0 Å². The van der Waals surface area contributed by atoms with E-state index in [1.807, 2.05) is 55.5 Å². The highest BCUT2D eigenvalue weighted by molar-refractivity contribution is 6.30. The number of aryl methyl sites for hydroxylation is 1. The van der Waals surface area contributed by atoms with Gasteiger partial charge in [-0.2, -0.15) is 4.98 Å². The van der Waals surface area contributed by atoms with Crippen LogP contribution in [0.25, 0.3) is 0 Å². The summed E-state index contributed by atoms with van der Waals surface area (Å²) in [6.45, 7) is 2.70. The minimum Gasteiger partial charge on any atom is -0.495 e. The molecule has 0 bridgehead atoms. The molecule has 0 amide bonds. The van der Waals surface area contributed by atoms with Gasteiger partial charge in [0.05, 0.1) is 12.8 Å².